The summed E-state index contributed by atoms with van der Waals surface area (Å²) in [6.07, 6.45) is 2.82. The number of carboxylic acid groups (broad SMARTS) is 1. The van der Waals surface area contributed by atoms with E-state index in [1.807, 2.05) is 23.1 Å². The Balaban J connectivity index is 1.43. The molecular formula is C18H25N3O3. The molecule has 1 heterocycles. The second-order valence-electron chi connectivity index (χ2n) is 6.65. The third kappa shape index (κ3) is 3.99. The van der Waals surface area contributed by atoms with Crippen molar-refractivity contribution in [3.05, 3.63) is 30.3 Å². The number of carboxylic acids is 1. The van der Waals surface area contributed by atoms with Crippen LogP contribution in [0.4, 0.5) is 10.5 Å². The highest BCUT2D eigenvalue weighted by Gasteiger charge is 2.28. The molecule has 6 heteroatoms. The number of hydrogen-bond donors (Lipinski definition) is 2. The molecule has 1 aromatic carbocycles. The Morgan fingerprint density at radius 2 is 1.58 bits per heavy atom. The van der Waals surface area contributed by atoms with Gasteiger partial charge in [0.25, 0.3) is 0 Å². The van der Waals surface area contributed by atoms with Gasteiger partial charge in [0.15, 0.2) is 0 Å². The summed E-state index contributed by atoms with van der Waals surface area (Å²) in [6, 6.07) is 10.4. The molecule has 2 fully saturated rings. The van der Waals surface area contributed by atoms with Crippen molar-refractivity contribution < 1.29 is 14.7 Å². The van der Waals surface area contributed by atoms with E-state index in [-0.39, 0.29) is 18.0 Å². The highest BCUT2D eigenvalue weighted by Crippen LogP contribution is 2.24. The second-order valence-corrected chi connectivity index (χ2v) is 6.65. The number of carbonyl (C=O) groups excluding carboxylic acids is 1. The first-order valence-electron chi connectivity index (χ1n) is 8.72. The topological polar surface area (TPSA) is 72.9 Å². The van der Waals surface area contributed by atoms with Crippen LogP contribution in [0.25, 0.3) is 0 Å². The van der Waals surface area contributed by atoms with Crippen LogP contribution >= 0.6 is 0 Å². The Morgan fingerprint density at radius 3 is 2.17 bits per heavy atom. The van der Waals surface area contributed by atoms with Gasteiger partial charge in [0.2, 0.25) is 0 Å². The number of nitrogens with zero attached hydrogens (tertiary/aromatic N) is 2. The molecule has 1 saturated heterocycles. The van der Waals surface area contributed by atoms with Crippen molar-refractivity contribution in [3.8, 4) is 0 Å². The number of amides is 2. The van der Waals surface area contributed by atoms with E-state index in [4.69, 9.17) is 5.11 Å². The van der Waals surface area contributed by atoms with Crippen LogP contribution in [-0.2, 0) is 4.79 Å². The van der Waals surface area contributed by atoms with Gasteiger partial charge in [-0.3, -0.25) is 4.79 Å². The summed E-state index contributed by atoms with van der Waals surface area (Å²) in [5, 5.41) is 12.1. The average molecular weight is 331 g/mol. The van der Waals surface area contributed by atoms with Gasteiger partial charge in [-0.05, 0) is 37.8 Å². The molecular weight excluding hydrogens is 306 g/mol. The molecule has 0 spiro atoms. The van der Waals surface area contributed by atoms with Crippen molar-refractivity contribution in [1.29, 1.82) is 0 Å². The van der Waals surface area contributed by atoms with Crippen LogP contribution in [0.3, 0.4) is 0 Å². The normalized spacial score (nSPS) is 24.5. The van der Waals surface area contributed by atoms with Crippen molar-refractivity contribution >= 4 is 17.7 Å². The van der Waals surface area contributed by atoms with Gasteiger partial charge in [0, 0.05) is 37.9 Å². The SMILES string of the molecule is O=C(O)C1CCC(NC(=O)N2CCN(c3ccccc3)CC2)CC1. The molecule has 1 aliphatic carbocycles. The predicted octanol–water partition coefficient (Wildman–Crippen LogP) is 2.16. The molecule has 0 radical (unpaired) electrons. The molecule has 1 saturated carbocycles. The van der Waals surface area contributed by atoms with Gasteiger partial charge in [-0.1, -0.05) is 18.2 Å². The number of rotatable bonds is 3. The number of piperazine rings is 1. The van der Waals surface area contributed by atoms with Crippen molar-refractivity contribution in [2.45, 2.75) is 31.7 Å². The third-order valence-electron chi connectivity index (χ3n) is 5.09. The maximum atomic E-state index is 12.4. The molecule has 130 valence electrons. The second kappa shape index (κ2) is 7.55. The quantitative estimate of drug-likeness (QED) is 0.890. The van der Waals surface area contributed by atoms with Gasteiger partial charge < -0.3 is 20.2 Å². The Kier molecular flexibility index (Phi) is 5.23. The maximum Gasteiger partial charge on any atom is 0.317 e. The molecule has 2 aliphatic rings. The molecule has 0 atom stereocenters. The number of urea groups is 1. The Bertz CT molecular complexity index is 562. The minimum Gasteiger partial charge on any atom is -0.481 e. The monoisotopic (exact) mass is 331 g/mol. The highest BCUT2D eigenvalue weighted by molar-refractivity contribution is 5.75. The van der Waals surface area contributed by atoms with Gasteiger partial charge in [0.1, 0.15) is 0 Å². The largest absolute Gasteiger partial charge is 0.481 e. The first kappa shape index (κ1) is 16.6. The molecule has 6 nitrogen and oxygen atoms in total. The number of anilines is 1. The molecule has 2 amide bonds. The van der Waals surface area contributed by atoms with E-state index in [1.165, 1.54) is 5.69 Å². The van der Waals surface area contributed by atoms with Crippen molar-refractivity contribution in [2.24, 2.45) is 5.92 Å². The molecule has 2 N–H and O–H groups in total. The molecule has 1 aliphatic heterocycles. The summed E-state index contributed by atoms with van der Waals surface area (Å²) in [4.78, 5) is 27.5. The number of aliphatic carboxylic acids is 1. The van der Waals surface area contributed by atoms with Crippen LogP contribution in [-0.4, -0.2) is 54.2 Å². The van der Waals surface area contributed by atoms with Gasteiger partial charge in [-0.2, -0.15) is 0 Å². The highest BCUT2D eigenvalue weighted by atomic mass is 16.4. The van der Waals surface area contributed by atoms with Crippen LogP contribution in [0.1, 0.15) is 25.7 Å². The van der Waals surface area contributed by atoms with E-state index >= 15 is 0 Å². The molecule has 0 bridgehead atoms. The van der Waals surface area contributed by atoms with Gasteiger partial charge in [-0.25, -0.2) is 4.79 Å². The summed E-state index contributed by atoms with van der Waals surface area (Å²) in [5.41, 5.74) is 1.20. The standard InChI is InChI=1S/C18H25N3O3/c22-17(23)14-6-8-15(9-7-14)19-18(24)21-12-10-20(11-13-21)16-4-2-1-3-5-16/h1-5,14-15H,6-13H2,(H,19,24)(H,22,23). The minimum absolute atomic E-state index is 0.0125. The fraction of sp³-hybridized carbons (Fsp3) is 0.556. The zero-order valence-corrected chi connectivity index (χ0v) is 13.9. The number of para-hydroxylation sites is 1. The summed E-state index contributed by atoms with van der Waals surface area (Å²) in [7, 11) is 0. The van der Waals surface area contributed by atoms with E-state index in [1.54, 1.807) is 0 Å². The lowest BCUT2D eigenvalue weighted by Crippen LogP contribution is -2.54. The molecule has 0 aromatic heterocycles. The number of carbonyl (C=O) groups is 2. The summed E-state index contributed by atoms with van der Waals surface area (Å²) in [5.74, 6) is -0.954. The summed E-state index contributed by atoms with van der Waals surface area (Å²) in [6.45, 7) is 3.10. The number of benzene rings is 1. The first-order chi connectivity index (χ1) is 11.6. The molecule has 1 aromatic rings. The Hall–Kier alpha value is -2.24. The van der Waals surface area contributed by atoms with Crippen molar-refractivity contribution in [1.82, 2.24) is 10.2 Å². The van der Waals surface area contributed by atoms with Crippen LogP contribution in [0.2, 0.25) is 0 Å². The minimum atomic E-state index is -0.711. The Morgan fingerprint density at radius 1 is 0.958 bits per heavy atom. The van der Waals surface area contributed by atoms with Crippen molar-refractivity contribution in [2.75, 3.05) is 31.1 Å². The summed E-state index contributed by atoms with van der Waals surface area (Å²) < 4.78 is 0. The van der Waals surface area contributed by atoms with E-state index in [0.29, 0.717) is 25.9 Å². The lowest BCUT2D eigenvalue weighted by molar-refractivity contribution is -0.142. The first-order valence-corrected chi connectivity index (χ1v) is 8.72. The van der Waals surface area contributed by atoms with Gasteiger partial charge >= 0.3 is 12.0 Å². The maximum absolute atomic E-state index is 12.4. The molecule has 24 heavy (non-hydrogen) atoms. The van der Waals surface area contributed by atoms with Gasteiger partial charge in [-0.15, -0.1) is 0 Å². The predicted molar refractivity (Wildman–Crippen MR) is 92.1 cm³/mol. The Labute approximate surface area is 142 Å². The van der Waals surface area contributed by atoms with Crippen molar-refractivity contribution in [3.63, 3.8) is 0 Å². The van der Waals surface area contributed by atoms with Crippen LogP contribution in [0.15, 0.2) is 30.3 Å². The van der Waals surface area contributed by atoms with E-state index in [2.05, 4.69) is 22.3 Å². The molecule has 0 unspecified atom stereocenters. The van der Waals surface area contributed by atoms with E-state index in [9.17, 15) is 9.59 Å². The summed E-state index contributed by atoms with van der Waals surface area (Å²) >= 11 is 0. The number of hydrogen-bond acceptors (Lipinski definition) is 3. The van der Waals surface area contributed by atoms with Crippen LogP contribution in [0.5, 0.6) is 0 Å². The van der Waals surface area contributed by atoms with E-state index in [0.717, 1.165) is 25.9 Å². The zero-order chi connectivity index (χ0) is 16.9. The number of nitrogens with one attached hydrogen (secondary N) is 1. The molecule has 3 rings (SSSR count). The lowest BCUT2D eigenvalue weighted by Gasteiger charge is -2.37. The fourth-order valence-electron chi connectivity index (χ4n) is 3.56. The van der Waals surface area contributed by atoms with Crippen LogP contribution < -0.4 is 10.2 Å². The van der Waals surface area contributed by atoms with Crippen LogP contribution in [0, 0.1) is 5.92 Å². The lowest BCUT2D eigenvalue weighted by atomic mass is 9.86. The smallest absolute Gasteiger partial charge is 0.317 e. The van der Waals surface area contributed by atoms with Gasteiger partial charge in [0.05, 0.1) is 5.92 Å². The third-order valence-corrected chi connectivity index (χ3v) is 5.09. The average Bonchev–Trinajstić information content (AvgIpc) is 2.63. The zero-order valence-electron chi connectivity index (χ0n) is 13.9. The van der Waals surface area contributed by atoms with E-state index < -0.39 is 5.97 Å². The fourth-order valence-corrected chi connectivity index (χ4v) is 3.56.